The molecule has 18 heavy (non-hydrogen) atoms. The molecular formula is C17H25N. The van der Waals surface area contributed by atoms with Gasteiger partial charge in [0.2, 0.25) is 0 Å². The predicted molar refractivity (Wildman–Crippen MR) is 76.8 cm³/mol. The lowest BCUT2D eigenvalue weighted by atomic mass is 9.69. The van der Waals surface area contributed by atoms with E-state index in [1.54, 1.807) is 5.56 Å². The molecule has 0 bridgehead atoms. The highest BCUT2D eigenvalue weighted by Gasteiger charge is 2.38. The molecule has 2 fully saturated rings. The number of hydrogen-bond acceptors (Lipinski definition) is 1. The van der Waals surface area contributed by atoms with E-state index in [1.807, 2.05) is 0 Å². The van der Waals surface area contributed by atoms with Crippen LogP contribution in [0.2, 0.25) is 0 Å². The molecule has 1 aromatic rings. The van der Waals surface area contributed by atoms with Crippen molar-refractivity contribution in [3.05, 3.63) is 35.9 Å². The molecule has 0 amide bonds. The van der Waals surface area contributed by atoms with Gasteiger partial charge in [-0.1, -0.05) is 50.1 Å². The second kappa shape index (κ2) is 5.44. The maximum atomic E-state index is 2.74. The van der Waals surface area contributed by atoms with E-state index in [2.05, 4.69) is 42.2 Å². The van der Waals surface area contributed by atoms with Gasteiger partial charge in [0.05, 0.1) is 0 Å². The lowest BCUT2D eigenvalue weighted by Crippen LogP contribution is -2.49. The fourth-order valence-electron chi connectivity index (χ4n) is 4.25. The minimum atomic E-state index is 0.819. The molecule has 1 heterocycles. The van der Waals surface area contributed by atoms with Crippen LogP contribution in [0.4, 0.5) is 0 Å². The van der Waals surface area contributed by atoms with Crippen LogP contribution in [0.15, 0.2) is 30.3 Å². The summed E-state index contributed by atoms with van der Waals surface area (Å²) in [4.78, 5) is 2.74. The van der Waals surface area contributed by atoms with Crippen LogP contribution in [-0.4, -0.2) is 24.0 Å². The van der Waals surface area contributed by atoms with Crippen molar-refractivity contribution in [1.29, 1.82) is 0 Å². The van der Waals surface area contributed by atoms with Crippen LogP contribution in [0.3, 0.4) is 0 Å². The molecular weight excluding hydrogens is 218 g/mol. The Morgan fingerprint density at radius 3 is 2.61 bits per heavy atom. The number of fused-ring (bicyclic) bond motifs is 1. The number of piperidine rings is 1. The summed E-state index contributed by atoms with van der Waals surface area (Å²) in [6.07, 6.45) is 7.13. The number of nitrogens with zero attached hydrogens (tertiary/aromatic N) is 1. The van der Waals surface area contributed by atoms with E-state index in [4.69, 9.17) is 0 Å². The van der Waals surface area contributed by atoms with Gasteiger partial charge in [0.25, 0.3) is 0 Å². The maximum Gasteiger partial charge on any atom is 0.0129 e. The van der Waals surface area contributed by atoms with Crippen molar-refractivity contribution < 1.29 is 0 Å². The fraction of sp³-hybridized carbons (Fsp3) is 0.647. The number of rotatable bonds is 2. The van der Waals surface area contributed by atoms with Crippen LogP contribution in [0.1, 0.15) is 50.5 Å². The van der Waals surface area contributed by atoms with E-state index < -0.39 is 0 Å². The first-order chi connectivity index (χ1) is 8.90. The van der Waals surface area contributed by atoms with E-state index in [0.29, 0.717) is 0 Å². The molecule has 0 N–H and O–H groups in total. The highest BCUT2D eigenvalue weighted by molar-refractivity contribution is 5.22. The van der Waals surface area contributed by atoms with Crippen molar-refractivity contribution >= 4 is 0 Å². The monoisotopic (exact) mass is 243 g/mol. The fourth-order valence-corrected chi connectivity index (χ4v) is 4.25. The van der Waals surface area contributed by atoms with Crippen molar-refractivity contribution in [1.82, 2.24) is 4.90 Å². The summed E-state index contributed by atoms with van der Waals surface area (Å²) in [7, 11) is 0. The van der Waals surface area contributed by atoms with Gasteiger partial charge in [-0.05, 0) is 49.8 Å². The SMILES string of the molecule is CCN1CCC(c2ccccc2)C2CCCCC21. The van der Waals surface area contributed by atoms with Crippen LogP contribution in [-0.2, 0) is 0 Å². The Morgan fingerprint density at radius 2 is 1.83 bits per heavy atom. The minimum Gasteiger partial charge on any atom is -0.300 e. The molecule has 2 aliphatic rings. The Morgan fingerprint density at radius 1 is 1.06 bits per heavy atom. The largest absolute Gasteiger partial charge is 0.300 e. The topological polar surface area (TPSA) is 3.24 Å². The second-order valence-electron chi connectivity index (χ2n) is 5.95. The van der Waals surface area contributed by atoms with Crippen molar-refractivity contribution in [2.24, 2.45) is 5.92 Å². The first-order valence-corrected chi connectivity index (χ1v) is 7.69. The molecule has 3 rings (SSSR count). The lowest BCUT2D eigenvalue weighted by molar-refractivity contribution is 0.0491. The highest BCUT2D eigenvalue weighted by atomic mass is 15.2. The highest BCUT2D eigenvalue weighted by Crippen LogP contribution is 2.43. The van der Waals surface area contributed by atoms with Crippen LogP contribution < -0.4 is 0 Å². The van der Waals surface area contributed by atoms with E-state index in [1.165, 1.54) is 45.2 Å². The van der Waals surface area contributed by atoms with Gasteiger partial charge in [-0.3, -0.25) is 0 Å². The summed E-state index contributed by atoms with van der Waals surface area (Å²) in [6, 6.07) is 12.1. The van der Waals surface area contributed by atoms with E-state index in [9.17, 15) is 0 Å². The molecule has 98 valence electrons. The third-order valence-corrected chi connectivity index (χ3v) is 5.13. The van der Waals surface area contributed by atoms with Gasteiger partial charge in [-0.2, -0.15) is 0 Å². The van der Waals surface area contributed by atoms with Gasteiger partial charge in [-0.25, -0.2) is 0 Å². The van der Waals surface area contributed by atoms with E-state index >= 15 is 0 Å². The normalized spacial score (nSPS) is 33.1. The Balaban J connectivity index is 1.84. The van der Waals surface area contributed by atoms with Gasteiger partial charge in [0, 0.05) is 6.04 Å². The van der Waals surface area contributed by atoms with Gasteiger partial charge in [0.1, 0.15) is 0 Å². The third-order valence-electron chi connectivity index (χ3n) is 5.13. The van der Waals surface area contributed by atoms with Crippen molar-refractivity contribution in [2.45, 2.75) is 51.0 Å². The molecule has 3 atom stereocenters. The Bertz CT molecular complexity index is 372. The van der Waals surface area contributed by atoms with Crippen molar-refractivity contribution in [2.75, 3.05) is 13.1 Å². The third kappa shape index (κ3) is 2.21. The summed E-state index contributed by atoms with van der Waals surface area (Å²) in [6.45, 7) is 4.87. The summed E-state index contributed by atoms with van der Waals surface area (Å²) < 4.78 is 0. The molecule has 1 saturated carbocycles. The van der Waals surface area contributed by atoms with Crippen LogP contribution >= 0.6 is 0 Å². The molecule has 0 aromatic heterocycles. The van der Waals surface area contributed by atoms with Crippen LogP contribution in [0.5, 0.6) is 0 Å². The summed E-state index contributed by atoms with van der Waals surface area (Å²) in [5.41, 5.74) is 1.59. The first-order valence-electron chi connectivity index (χ1n) is 7.69. The second-order valence-corrected chi connectivity index (χ2v) is 5.95. The molecule has 1 saturated heterocycles. The van der Waals surface area contributed by atoms with Crippen LogP contribution in [0.25, 0.3) is 0 Å². The zero-order valence-electron chi connectivity index (χ0n) is 11.5. The molecule has 3 unspecified atom stereocenters. The average molecular weight is 243 g/mol. The lowest BCUT2D eigenvalue weighted by Gasteiger charge is -2.48. The Kier molecular flexibility index (Phi) is 3.69. The van der Waals surface area contributed by atoms with Crippen molar-refractivity contribution in [3.63, 3.8) is 0 Å². The molecule has 1 aliphatic heterocycles. The smallest absolute Gasteiger partial charge is 0.0129 e. The molecule has 1 heteroatoms. The number of hydrogen-bond donors (Lipinski definition) is 0. The van der Waals surface area contributed by atoms with Gasteiger partial charge in [-0.15, -0.1) is 0 Å². The summed E-state index contributed by atoms with van der Waals surface area (Å²) in [5.74, 6) is 1.73. The molecule has 0 radical (unpaired) electrons. The van der Waals surface area contributed by atoms with Gasteiger partial charge >= 0.3 is 0 Å². The standard InChI is InChI=1S/C17H25N/c1-2-18-13-12-15(14-8-4-3-5-9-14)16-10-6-7-11-17(16)18/h3-5,8-9,15-17H,2,6-7,10-13H2,1H3. The number of benzene rings is 1. The van der Waals surface area contributed by atoms with Crippen molar-refractivity contribution in [3.8, 4) is 0 Å². The van der Waals surface area contributed by atoms with Crippen LogP contribution in [0, 0.1) is 5.92 Å². The Hall–Kier alpha value is -0.820. The Labute approximate surface area is 111 Å². The minimum absolute atomic E-state index is 0.819. The quantitative estimate of drug-likeness (QED) is 0.757. The zero-order valence-corrected chi connectivity index (χ0v) is 11.5. The molecule has 1 aliphatic carbocycles. The maximum absolute atomic E-state index is 2.74. The van der Waals surface area contributed by atoms with Gasteiger partial charge < -0.3 is 4.90 Å². The molecule has 0 spiro atoms. The average Bonchev–Trinajstić information content (AvgIpc) is 2.47. The van der Waals surface area contributed by atoms with Gasteiger partial charge in [0.15, 0.2) is 0 Å². The zero-order chi connectivity index (χ0) is 12.4. The summed E-state index contributed by atoms with van der Waals surface area (Å²) >= 11 is 0. The first kappa shape index (κ1) is 12.2. The van der Waals surface area contributed by atoms with E-state index in [-0.39, 0.29) is 0 Å². The molecule has 1 aromatic carbocycles. The predicted octanol–water partition coefficient (Wildman–Crippen LogP) is 4.05. The summed E-state index contributed by atoms with van der Waals surface area (Å²) in [5, 5.41) is 0. The van der Waals surface area contributed by atoms with E-state index in [0.717, 1.165) is 17.9 Å². The molecule has 1 nitrogen and oxygen atoms in total. The number of likely N-dealkylation sites (tertiary alicyclic amines) is 1.